The lowest BCUT2D eigenvalue weighted by Gasteiger charge is -2.22. The largest absolute Gasteiger partial charge is 0.324 e. The monoisotopic (exact) mass is 376 g/mol. The number of anilines is 1. The number of halogens is 2. The first-order valence-electron chi connectivity index (χ1n) is 8.64. The van der Waals surface area contributed by atoms with Crippen molar-refractivity contribution in [2.75, 3.05) is 11.9 Å². The van der Waals surface area contributed by atoms with Gasteiger partial charge in [-0.1, -0.05) is 53.7 Å². The first-order chi connectivity index (χ1) is 12.5. The van der Waals surface area contributed by atoms with Crippen LogP contribution in [0.15, 0.2) is 53.4 Å². The van der Waals surface area contributed by atoms with Crippen LogP contribution in [0.4, 0.5) is 14.5 Å². The van der Waals surface area contributed by atoms with E-state index in [1.165, 1.54) is 11.1 Å². The number of para-hydroxylation sites is 1. The summed E-state index contributed by atoms with van der Waals surface area (Å²) in [6.45, 7) is 3.02. The molecule has 0 unspecified atom stereocenters. The van der Waals surface area contributed by atoms with Gasteiger partial charge < -0.3 is 5.32 Å². The fourth-order valence-electron chi connectivity index (χ4n) is 2.82. The highest BCUT2D eigenvalue weighted by atomic mass is 32.2. The first-order valence-corrected chi connectivity index (χ1v) is 9.52. The molecule has 2 aromatic carbocycles. The van der Waals surface area contributed by atoms with E-state index in [0.717, 1.165) is 12.8 Å². The Kier molecular flexibility index (Phi) is 6.27. The van der Waals surface area contributed by atoms with Crippen molar-refractivity contribution in [1.82, 2.24) is 4.90 Å². The Labute approximate surface area is 156 Å². The third-order valence-corrected chi connectivity index (χ3v) is 5.08. The van der Waals surface area contributed by atoms with Crippen molar-refractivity contribution in [1.29, 1.82) is 0 Å². The number of nitrogens with zero attached hydrogens (tertiary/aromatic N) is 1. The number of nitrogens with one attached hydrogen (secondary N) is 1. The lowest BCUT2D eigenvalue weighted by Crippen LogP contribution is -2.34. The van der Waals surface area contributed by atoms with Crippen molar-refractivity contribution in [3.63, 3.8) is 0 Å². The molecule has 2 aromatic rings. The Morgan fingerprint density at radius 1 is 1.19 bits per heavy atom. The molecule has 6 heteroatoms. The summed E-state index contributed by atoms with van der Waals surface area (Å²) in [5, 5.41) is 2.79. The van der Waals surface area contributed by atoms with Crippen molar-refractivity contribution >= 4 is 23.4 Å². The normalized spacial score (nSPS) is 14.0. The number of carbonyl (C=O) groups excluding carboxylic acids is 1. The number of hydrogen-bond acceptors (Lipinski definition) is 3. The van der Waals surface area contributed by atoms with Crippen molar-refractivity contribution in [2.45, 2.75) is 43.0 Å². The predicted molar refractivity (Wildman–Crippen MR) is 102 cm³/mol. The van der Waals surface area contributed by atoms with Gasteiger partial charge in [0.1, 0.15) is 0 Å². The Morgan fingerprint density at radius 2 is 1.88 bits per heavy atom. The van der Waals surface area contributed by atoms with Crippen LogP contribution < -0.4 is 5.32 Å². The van der Waals surface area contributed by atoms with Crippen LogP contribution in [0.5, 0.6) is 0 Å². The number of amides is 1. The molecular formula is C20H22F2N2OS. The molecule has 3 rings (SSSR count). The van der Waals surface area contributed by atoms with Gasteiger partial charge in [-0.15, -0.1) is 0 Å². The average molecular weight is 376 g/mol. The molecule has 1 amide bonds. The summed E-state index contributed by atoms with van der Waals surface area (Å²) in [7, 11) is 0. The summed E-state index contributed by atoms with van der Waals surface area (Å²) in [4.78, 5) is 15.0. The fourth-order valence-corrected chi connectivity index (χ4v) is 3.42. The molecule has 0 atom stereocenters. The molecule has 1 aliphatic rings. The number of benzene rings is 2. The molecule has 0 radical (unpaired) electrons. The second-order valence-corrected chi connectivity index (χ2v) is 7.58. The maximum atomic E-state index is 12.7. The summed E-state index contributed by atoms with van der Waals surface area (Å²) in [6, 6.07) is 15.4. The minimum atomic E-state index is -2.52. The van der Waals surface area contributed by atoms with Gasteiger partial charge in [0.15, 0.2) is 0 Å². The van der Waals surface area contributed by atoms with Gasteiger partial charge in [-0.25, -0.2) is 0 Å². The van der Waals surface area contributed by atoms with Crippen LogP contribution in [0.2, 0.25) is 0 Å². The minimum absolute atomic E-state index is 0.175. The molecule has 0 spiro atoms. The number of aryl methyl sites for hydroxylation is 1. The van der Waals surface area contributed by atoms with Crippen LogP contribution in [0.3, 0.4) is 0 Å². The maximum Gasteiger partial charge on any atom is 0.288 e. The molecule has 26 heavy (non-hydrogen) atoms. The third kappa shape index (κ3) is 5.54. The summed E-state index contributed by atoms with van der Waals surface area (Å²) < 4.78 is 25.3. The molecule has 1 aliphatic carbocycles. The molecule has 0 bridgehead atoms. The van der Waals surface area contributed by atoms with E-state index < -0.39 is 5.76 Å². The Balaban J connectivity index is 1.63. The minimum Gasteiger partial charge on any atom is -0.324 e. The number of carbonyl (C=O) groups is 1. The highest BCUT2D eigenvalue weighted by molar-refractivity contribution is 7.99. The first kappa shape index (κ1) is 18.9. The standard InChI is InChI=1S/C20H22F2N2OS/c1-14-6-8-15(9-7-14)12-24(16-10-11-16)13-19(25)23-17-4-2-3-5-18(17)26-20(21)22/h2-9,16,20H,10-13H2,1H3,(H,23,25). The summed E-state index contributed by atoms with van der Waals surface area (Å²) in [6.07, 6.45) is 2.19. The zero-order valence-corrected chi connectivity index (χ0v) is 15.4. The van der Waals surface area contributed by atoms with Gasteiger partial charge in [0.05, 0.1) is 12.2 Å². The molecule has 0 heterocycles. The smallest absolute Gasteiger partial charge is 0.288 e. The van der Waals surface area contributed by atoms with Crippen molar-refractivity contribution in [3.05, 3.63) is 59.7 Å². The molecule has 0 aromatic heterocycles. The van der Waals surface area contributed by atoms with E-state index in [9.17, 15) is 13.6 Å². The van der Waals surface area contributed by atoms with Gasteiger partial charge in [0.25, 0.3) is 5.76 Å². The summed E-state index contributed by atoms with van der Waals surface area (Å²) in [5.41, 5.74) is 2.82. The van der Waals surface area contributed by atoms with E-state index in [4.69, 9.17) is 0 Å². The molecule has 0 aliphatic heterocycles. The van der Waals surface area contributed by atoms with Gasteiger partial charge in [-0.3, -0.25) is 9.69 Å². The van der Waals surface area contributed by atoms with Crippen LogP contribution in [0.25, 0.3) is 0 Å². The Bertz CT molecular complexity index is 748. The number of hydrogen-bond donors (Lipinski definition) is 1. The van der Waals surface area contributed by atoms with Gasteiger partial charge in [0, 0.05) is 17.5 Å². The van der Waals surface area contributed by atoms with Crippen molar-refractivity contribution < 1.29 is 13.6 Å². The van der Waals surface area contributed by atoms with Gasteiger partial charge in [0.2, 0.25) is 5.91 Å². The highest BCUT2D eigenvalue weighted by Crippen LogP contribution is 2.32. The molecule has 1 fully saturated rings. The number of thioether (sulfide) groups is 1. The molecule has 1 N–H and O–H groups in total. The van der Waals surface area contributed by atoms with Crippen molar-refractivity contribution in [2.24, 2.45) is 0 Å². The van der Waals surface area contributed by atoms with Gasteiger partial charge in [-0.05, 0) is 37.5 Å². The van der Waals surface area contributed by atoms with E-state index in [0.29, 0.717) is 34.9 Å². The van der Waals surface area contributed by atoms with E-state index >= 15 is 0 Å². The second kappa shape index (κ2) is 8.64. The predicted octanol–water partition coefficient (Wildman–Crippen LogP) is 4.91. The zero-order valence-electron chi connectivity index (χ0n) is 14.6. The van der Waals surface area contributed by atoms with E-state index in [-0.39, 0.29) is 12.5 Å². The Morgan fingerprint density at radius 3 is 2.54 bits per heavy atom. The molecule has 3 nitrogen and oxygen atoms in total. The molecule has 1 saturated carbocycles. The molecular weight excluding hydrogens is 354 g/mol. The van der Waals surface area contributed by atoms with Crippen molar-refractivity contribution in [3.8, 4) is 0 Å². The van der Waals surface area contributed by atoms with Gasteiger partial charge >= 0.3 is 0 Å². The van der Waals surface area contributed by atoms with Crippen LogP contribution in [-0.2, 0) is 11.3 Å². The lowest BCUT2D eigenvalue weighted by molar-refractivity contribution is -0.117. The summed E-state index contributed by atoms with van der Waals surface area (Å²) >= 11 is 0.447. The van der Waals surface area contributed by atoms with E-state index in [2.05, 4.69) is 34.5 Å². The zero-order chi connectivity index (χ0) is 18.5. The highest BCUT2D eigenvalue weighted by Gasteiger charge is 2.30. The number of rotatable bonds is 8. The van der Waals surface area contributed by atoms with Crippen LogP contribution in [-0.4, -0.2) is 29.2 Å². The Hall–Kier alpha value is -1.92. The average Bonchev–Trinajstić information content (AvgIpc) is 3.42. The molecule has 0 saturated heterocycles. The third-order valence-electron chi connectivity index (χ3n) is 4.29. The lowest BCUT2D eigenvalue weighted by atomic mass is 10.1. The van der Waals surface area contributed by atoms with Crippen LogP contribution >= 0.6 is 11.8 Å². The quantitative estimate of drug-likeness (QED) is 0.664. The molecule has 138 valence electrons. The van der Waals surface area contributed by atoms with E-state index in [1.54, 1.807) is 24.3 Å². The van der Waals surface area contributed by atoms with Crippen LogP contribution in [0.1, 0.15) is 24.0 Å². The number of alkyl halides is 2. The SMILES string of the molecule is Cc1ccc(CN(CC(=O)Nc2ccccc2SC(F)F)C2CC2)cc1. The summed E-state index contributed by atoms with van der Waals surface area (Å²) in [5.74, 6) is -2.69. The van der Waals surface area contributed by atoms with Crippen LogP contribution in [0, 0.1) is 6.92 Å². The van der Waals surface area contributed by atoms with Gasteiger partial charge in [-0.2, -0.15) is 8.78 Å². The van der Waals surface area contributed by atoms with E-state index in [1.807, 2.05) is 6.92 Å². The second-order valence-electron chi connectivity index (χ2n) is 6.54. The maximum absolute atomic E-state index is 12.7. The fraction of sp³-hybridized carbons (Fsp3) is 0.350. The topological polar surface area (TPSA) is 32.3 Å².